The lowest BCUT2D eigenvalue weighted by molar-refractivity contribution is -0.123. The minimum Gasteiger partial charge on any atom is -0.497 e. The third kappa shape index (κ3) is 5.37. The van der Waals surface area contributed by atoms with E-state index in [-0.39, 0.29) is 17.7 Å². The van der Waals surface area contributed by atoms with E-state index >= 15 is 0 Å². The summed E-state index contributed by atoms with van der Waals surface area (Å²) < 4.78 is 15.6. The van der Waals surface area contributed by atoms with Crippen LogP contribution in [0.3, 0.4) is 0 Å². The molecule has 0 saturated heterocycles. The molecule has 1 heterocycles. The van der Waals surface area contributed by atoms with Gasteiger partial charge in [0.05, 0.1) is 26.0 Å². The third-order valence-electron chi connectivity index (χ3n) is 6.13. The van der Waals surface area contributed by atoms with Gasteiger partial charge in [-0.25, -0.2) is 4.79 Å². The fraction of sp³-hybridized carbons (Fsp3) is 0.296. The molecule has 0 spiro atoms. The summed E-state index contributed by atoms with van der Waals surface area (Å²) in [4.78, 5) is 40.8. The highest BCUT2D eigenvalue weighted by Crippen LogP contribution is 2.32. The zero-order valence-corrected chi connectivity index (χ0v) is 19.7. The normalized spacial score (nSPS) is 14.2. The van der Waals surface area contributed by atoms with Gasteiger partial charge < -0.3 is 19.2 Å². The Morgan fingerprint density at radius 3 is 2.37 bits per heavy atom. The molecule has 2 aromatic carbocycles. The van der Waals surface area contributed by atoms with Gasteiger partial charge in [0.2, 0.25) is 5.91 Å². The number of esters is 1. The maximum Gasteiger partial charge on any atom is 0.337 e. The second-order valence-corrected chi connectivity index (χ2v) is 8.36. The van der Waals surface area contributed by atoms with Gasteiger partial charge in [-0.15, -0.1) is 0 Å². The molecule has 8 heteroatoms. The first-order valence-corrected chi connectivity index (χ1v) is 11.5. The largest absolute Gasteiger partial charge is 0.497 e. The zero-order chi connectivity index (χ0) is 24.8. The predicted octanol–water partition coefficient (Wildman–Crippen LogP) is 4.52. The number of anilines is 1. The highest BCUT2D eigenvalue weighted by molar-refractivity contribution is 6.09. The number of hydrogen-bond acceptors (Lipinski definition) is 6. The van der Waals surface area contributed by atoms with Gasteiger partial charge in [-0.2, -0.15) is 0 Å². The molecule has 1 saturated carbocycles. The van der Waals surface area contributed by atoms with Crippen LogP contribution in [0.1, 0.15) is 58.2 Å². The summed E-state index contributed by atoms with van der Waals surface area (Å²) in [7, 11) is 2.85. The number of ether oxygens (including phenoxy) is 2. The first kappa shape index (κ1) is 24.1. The van der Waals surface area contributed by atoms with Crippen LogP contribution in [-0.4, -0.2) is 38.0 Å². The summed E-state index contributed by atoms with van der Waals surface area (Å²) in [6.07, 6.45) is 5.32. The summed E-state index contributed by atoms with van der Waals surface area (Å²) in [6, 6.07) is 15.6. The number of rotatable bonds is 8. The average Bonchev–Trinajstić information content (AvgIpc) is 3.61. The molecular formula is C27H28N2O6. The van der Waals surface area contributed by atoms with Gasteiger partial charge in [-0.05, 0) is 66.9 Å². The fourth-order valence-corrected chi connectivity index (χ4v) is 4.36. The van der Waals surface area contributed by atoms with Crippen molar-refractivity contribution < 1.29 is 28.3 Å². The average molecular weight is 477 g/mol. The van der Waals surface area contributed by atoms with Gasteiger partial charge >= 0.3 is 5.97 Å². The summed E-state index contributed by atoms with van der Waals surface area (Å²) in [6.45, 7) is 0. The number of hydrogen-bond donors (Lipinski definition) is 1. The second kappa shape index (κ2) is 10.9. The molecule has 0 bridgehead atoms. The molecule has 0 radical (unpaired) electrons. The standard InChI is InChI=1S/C27H28N2O6/c1-33-22-10-5-7-19(17-22)24(25(30)28-20-8-3-4-9-20)29(26(31)23-11-6-16-35-23)21-14-12-18(13-15-21)27(32)34-2/h5-7,10-17,20,24H,3-4,8-9H2,1-2H3,(H,28,30)/t24-/m1/s1. The minimum absolute atomic E-state index is 0.0536. The molecule has 35 heavy (non-hydrogen) atoms. The first-order valence-electron chi connectivity index (χ1n) is 11.5. The number of benzene rings is 2. The quantitative estimate of drug-likeness (QED) is 0.480. The maximum absolute atomic E-state index is 13.8. The van der Waals surface area contributed by atoms with Crippen molar-refractivity contribution >= 4 is 23.5 Å². The van der Waals surface area contributed by atoms with Gasteiger partial charge in [-0.1, -0.05) is 25.0 Å². The van der Waals surface area contributed by atoms with Crippen molar-refractivity contribution in [3.8, 4) is 5.75 Å². The Labute approximate surface area is 203 Å². The van der Waals surface area contributed by atoms with E-state index in [1.807, 2.05) is 0 Å². The Morgan fingerprint density at radius 1 is 1.00 bits per heavy atom. The molecule has 1 aliphatic rings. The number of nitrogens with one attached hydrogen (secondary N) is 1. The van der Waals surface area contributed by atoms with Crippen molar-refractivity contribution in [2.24, 2.45) is 0 Å². The van der Waals surface area contributed by atoms with Crippen LogP contribution in [0, 0.1) is 0 Å². The van der Waals surface area contributed by atoms with E-state index in [1.54, 1.807) is 67.8 Å². The van der Waals surface area contributed by atoms with Crippen molar-refractivity contribution in [3.05, 3.63) is 83.8 Å². The summed E-state index contributed by atoms with van der Waals surface area (Å²) in [5, 5.41) is 3.13. The van der Waals surface area contributed by atoms with E-state index in [4.69, 9.17) is 13.9 Å². The summed E-state index contributed by atoms with van der Waals surface area (Å²) >= 11 is 0. The Bertz CT molecular complexity index is 1170. The highest BCUT2D eigenvalue weighted by atomic mass is 16.5. The summed E-state index contributed by atoms with van der Waals surface area (Å²) in [5.41, 5.74) is 1.33. The first-order chi connectivity index (χ1) is 17.0. The lowest BCUT2D eigenvalue weighted by Gasteiger charge is -2.32. The molecule has 1 N–H and O–H groups in total. The minimum atomic E-state index is -1.01. The van der Waals surface area contributed by atoms with Crippen molar-refractivity contribution in [1.29, 1.82) is 0 Å². The molecule has 1 atom stereocenters. The van der Waals surface area contributed by atoms with Crippen LogP contribution in [0.25, 0.3) is 0 Å². The number of amides is 2. The molecule has 182 valence electrons. The molecule has 1 fully saturated rings. The van der Waals surface area contributed by atoms with Crippen LogP contribution < -0.4 is 15.0 Å². The Morgan fingerprint density at radius 2 is 1.74 bits per heavy atom. The monoisotopic (exact) mass is 476 g/mol. The number of nitrogens with zero attached hydrogens (tertiary/aromatic N) is 1. The van der Waals surface area contributed by atoms with Crippen LogP contribution in [0.15, 0.2) is 71.3 Å². The van der Waals surface area contributed by atoms with Crippen LogP contribution in [0.5, 0.6) is 5.75 Å². The van der Waals surface area contributed by atoms with Crippen LogP contribution >= 0.6 is 0 Å². The van der Waals surface area contributed by atoms with Crippen LogP contribution in [0.2, 0.25) is 0 Å². The fourth-order valence-electron chi connectivity index (χ4n) is 4.36. The molecule has 2 amide bonds. The predicted molar refractivity (Wildman–Crippen MR) is 129 cm³/mol. The van der Waals surface area contributed by atoms with Crippen molar-refractivity contribution in [3.63, 3.8) is 0 Å². The van der Waals surface area contributed by atoms with E-state index in [1.165, 1.54) is 18.3 Å². The molecule has 0 unspecified atom stereocenters. The molecule has 1 aromatic heterocycles. The van der Waals surface area contributed by atoms with Gasteiger partial charge in [0.15, 0.2) is 5.76 Å². The SMILES string of the molecule is COC(=O)c1ccc(N(C(=O)c2ccco2)[C@@H](C(=O)NC2CCCC2)c2cccc(OC)c2)cc1. The molecule has 1 aliphatic carbocycles. The Balaban J connectivity index is 1.81. The molecule has 0 aliphatic heterocycles. The lowest BCUT2D eigenvalue weighted by Crippen LogP contribution is -2.46. The van der Waals surface area contributed by atoms with Gasteiger partial charge in [0.25, 0.3) is 5.91 Å². The van der Waals surface area contributed by atoms with Crippen molar-refractivity contribution in [2.75, 3.05) is 19.1 Å². The second-order valence-electron chi connectivity index (χ2n) is 8.36. The molecular weight excluding hydrogens is 448 g/mol. The number of carbonyl (C=O) groups excluding carboxylic acids is 3. The number of methoxy groups -OCH3 is 2. The van der Waals surface area contributed by atoms with Crippen LogP contribution in [0.4, 0.5) is 5.69 Å². The van der Waals surface area contributed by atoms with Gasteiger partial charge in [0.1, 0.15) is 11.8 Å². The van der Waals surface area contributed by atoms with Gasteiger partial charge in [0, 0.05) is 11.7 Å². The Hall–Kier alpha value is -4.07. The highest BCUT2D eigenvalue weighted by Gasteiger charge is 2.36. The van der Waals surface area contributed by atoms with Gasteiger partial charge in [-0.3, -0.25) is 14.5 Å². The molecule has 3 aromatic rings. The molecule has 4 rings (SSSR count). The summed E-state index contributed by atoms with van der Waals surface area (Å²) in [5.74, 6) is -0.641. The van der Waals surface area contributed by atoms with E-state index in [9.17, 15) is 14.4 Å². The maximum atomic E-state index is 13.8. The van der Waals surface area contributed by atoms with Crippen molar-refractivity contribution in [2.45, 2.75) is 37.8 Å². The topological polar surface area (TPSA) is 98.1 Å². The van der Waals surface area contributed by atoms with E-state index in [0.29, 0.717) is 22.6 Å². The van der Waals surface area contributed by atoms with E-state index < -0.39 is 17.9 Å². The van der Waals surface area contributed by atoms with E-state index in [0.717, 1.165) is 25.7 Å². The number of carbonyl (C=O) groups is 3. The lowest BCUT2D eigenvalue weighted by atomic mass is 10.0. The molecule has 8 nitrogen and oxygen atoms in total. The van der Waals surface area contributed by atoms with E-state index in [2.05, 4.69) is 5.32 Å². The third-order valence-corrected chi connectivity index (χ3v) is 6.13. The van der Waals surface area contributed by atoms with Crippen molar-refractivity contribution in [1.82, 2.24) is 5.32 Å². The number of furan rings is 1. The van der Waals surface area contributed by atoms with Crippen LogP contribution in [-0.2, 0) is 9.53 Å². The zero-order valence-electron chi connectivity index (χ0n) is 19.7. The smallest absolute Gasteiger partial charge is 0.337 e. The Kier molecular flexibility index (Phi) is 7.50.